The molecule has 96 valence electrons. The molecule has 0 atom stereocenters. The standard InChI is InChI=1S/C10H13F3IN3/c1-5(2)8-7(14)9(15)17-6(16-8)3-4-10(11,12)13/h5H,3-4H2,1-2H3,(H2,15,16,17). The minimum Gasteiger partial charge on any atom is -0.383 e. The van der Waals surface area contributed by atoms with Gasteiger partial charge in [-0.1, -0.05) is 13.8 Å². The highest BCUT2D eigenvalue weighted by Gasteiger charge is 2.27. The lowest BCUT2D eigenvalue weighted by atomic mass is 10.1. The predicted molar refractivity (Wildman–Crippen MR) is 67.6 cm³/mol. The van der Waals surface area contributed by atoms with E-state index in [-0.39, 0.29) is 24.0 Å². The normalized spacial score (nSPS) is 12.2. The maximum atomic E-state index is 12.1. The Hall–Kier alpha value is -0.600. The van der Waals surface area contributed by atoms with Crippen LogP contribution in [0.5, 0.6) is 0 Å². The summed E-state index contributed by atoms with van der Waals surface area (Å²) in [5, 5.41) is 0. The van der Waals surface area contributed by atoms with E-state index in [0.717, 1.165) is 0 Å². The molecule has 0 aliphatic rings. The first-order chi connectivity index (χ1) is 7.70. The van der Waals surface area contributed by atoms with Crippen LogP contribution in [0.3, 0.4) is 0 Å². The second-order valence-electron chi connectivity index (χ2n) is 3.99. The van der Waals surface area contributed by atoms with E-state index in [2.05, 4.69) is 9.97 Å². The number of anilines is 1. The zero-order valence-corrected chi connectivity index (χ0v) is 11.6. The molecule has 0 fully saturated rings. The third-order valence-corrected chi connectivity index (χ3v) is 3.23. The molecule has 0 radical (unpaired) electrons. The van der Waals surface area contributed by atoms with E-state index >= 15 is 0 Å². The van der Waals surface area contributed by atoms with E-state index in [4.69, 9.17) is 5.73 Å². The number of aromatic nitrogens is 2. The Bertz CT molecular complexity index is 405. The van der Waals surface area contributed by atoms with E-state index in [1.54, 1.807) is 0 Å². The first-order valence-corrected chi connectivity index (χ1v) is 6.17. The van der Waals surface area contributed by atoms with Crippen LogP contribution in [0.2, 0.25) is 0 Å². The summed E-state index contributed by atoms with van der Waals surface area (Å²) in [4.78, 5) is 8.02. The molecule has 17 heavy (non-hydrogen) atoms. The fourth-order valence-electron chi connectivity index (χ4n) is 1.28. The summed E-state index contributed by atoms with van der Waals surface area (Å²) in [5.74, 6) is 0.516. The Morgan fingerprint density at radius 1 is 1.29 bits per heavy atom. The van der Waals surface area contributed by atoms with Crippen molar-refractivity contribution >= 4 is 28.4 Å². The third kappa shape index (κ3) is 4.29. The van der Waals surface area contributed by atoms with Crippen molar-refractivity contribution in [3.05, 3.63) is 15.1 Å². The largest absolute Gasteiger partial charge is 0.389 e. The zero-order valence-electron chi connectivity index (χ0n) is 9.48. The number of halogens is 4. The Labute approximate surface area is 111 Å². The second-order valence-corrected chi connectivity index (χ2v) is 5.07. The molecule has 0 aliphatic carbocycles. The molecule has 0 aromatic carbocycles. The van der Waals surface area contributed by atoms with Crippen molar-refractivity contribution in [1.82, 2.24) is 9.97 Å². The van der Waals surface area contributed by atoms with Crippen molar-refractivity contribution in [2.45, 2.75) is 38.8 Å². The minimum absolute atomic E-state index is 0.108. The first-order valence-electron chi connectivity index (χ1n) is 5.09. The molecule has 1 rings (SSSR count). The van der Waals surface area contributed by atoms with Crippen LogP contribution in [0.25, 0.3) is 0 Å². The van der Waals surface area contributed by atoms with Crippen LogP contribution in [0, 0.1) is 3.57 Å². The van der Waals surface area contributed by atoms with Crippen LogP contribution in [0.1, 0.15) is 37.7 Å². The van der Waals surface area contributed by atoms with Gasteiger partial charge >= 0.3 is 6.18 Å². The average Bonchev–Trinajstić information content (AvgIpc) is 2.18. The third-order valence-electron chi connectivity index (χ3n) is 2.13. The number of nitrogens with two attached hydrogens (primary N) is 1. The SMILES string of the molecule is CC(C)c1nc(CCC(F)(F)F)nc(N)c1I. The van der Waals surface area contributed by atoms with Crippen LogP contribution < -0.4 is 5.73 Å². The number of rotatable bonds is 3. The monoisotopic (exact) mass is 359 g/mol. The quantitative estimate of drug-likeness (QED) is 0.843. The van der Waals surface area contributed by atoms with Gasteiger partial charge in [0.1, 0.15) is 11.6 Å². The topological polar surface area (TPSA) is 51.8 Å². The molecule has 0 spiro atoms. The number of alkyl halides is 3. The van der Waals surface area contributed by atoms with Gasteiger partial charge in [-0.25, -0.2) is 9.97 Å². The lowest BCUT2D eigenvalue weighted by molar-refractivity contribution is -0.134. The number of nitrogen functional groups attached to an aromatic ring is 1. The molecule has 0 amide bonds. The fraction of sp³-hybridized carbons (Fsp3) is 0.600. The molecule has 0 unspecified atom stereocenters. The van der Waals surface area contributed by atoms with Gasteiger partial charge in [-0.3, -0.25) is 0 Å². The van der Waals surface area contributed by atoms with Gasteiger partial charge in [0, 0.05) is 6.42 Å². The zero-order chi connectivity index (χ0) is 13.2. The Morgan fingerprint density at radius 2 is 1.88 bits per heavy atom. The number of hydrogen-bond donors (Lipinski definition) is 1. The molecule has 1 aromatic heterocycles. The van der Waals surface area contributed by atoms with Gasteiger partial charge in [0.15, 0.2) is 0 Å². The van der Waals surface area contributed by atoms with Crippen LogP contribution >= 0.6 is 22.6 Å². The van der Waals surface area contributed by atoms with Gasteiger partial charge in [0.25, 0.3) is 0 Å². The summed E-state index contributed by atoms with van der Waals surface area (Å²) in [6, 6.07) is 0. The lowest BCUT2D eigenvalue weighted by Crippen LogP contribution is -2.13. The highest BCUT2D eigenvalue weighted by molar-refractivity contribution is 14.1. The van der Waals surface area contributed by atoms with E-state index in [0.29, 0.717) is 9.26 Å². The van der Waals surface area contributed by atoms with Crippen LogP contribution in [-0.2, 0) is 6.42 Å². The minimum atomic E-state index is -4.20. The summed E-state index contributed by atoms with van der Waals surface area (Å²) in [6.45, 7) is 3.83. The van der Waals surface area contributed by atoms with Gasteiger partial charge in [0.2, 0.25) is 0 Å². The summed E-state index contributed by atoms with van der Waals surface area (Å²) in [7, 11) is 0. The summed E-state index contributed by atoms with van der Waals surface area (Å²) in [5.41, 5.74) is 6.36. The fourth-order valence-corrected chi connectivity index (χ4v) is 2.14. The molecule has 0 bridgehead atoms. The number of aryl methyl sites for hydroxylation is 1. The number of hydrogen-bond acceptors (Lipinski definition) is 3. The molecule has 3 nitrogen and oxygen atoms in total. The van der Waals surface area contributed by atoms with Gasteiger partial charge in [-0.05, 0) is 28.5 Å². The second kappa shape index (κ2) is 5.36. The highest BCUT2D eigenvalue weighted by atomic mass is 127. The van der Waals surface area contributed by atoms with Gasteiger partial charge in [-0.15, -0.1) is 0 Å². The maximum absolute atomic E-state index is 12.1. The van der Waals surface area contributed by atoms with Crippen LogP contribution in [0.4, 0.5) is 19.0 Å². The molecule has 1 aromatic rings. The maximum Gasteiger partial charge on any atom is 0.389 e. The van der Waals surface area contributed by atoms with Crippen LogP contribution in [0.15, 0.2) is 0 Å². The van der Waals surface area contributed by atoms with Crippen molar-refractivity contribution in [2.75, 3.05) is 5.73 Å². The number of nitrogens with zero attached hydrogens (tertiary/aromatic N) is 2. The van der Waals surface area contributed by atoms with Gasteiger partial charge in [0.05, 0.1) is 15.7 Å². The summed E-state index contributed by atoms with van der Waals surface area (Å²) in [6.07, 6.45) is -5.35. The molecular weight excluding hydrogens is 346 g/mol. The summed E-state index contributed by atoms with van der Waals surface area (Å²) < 4.78 is 37.0. The van der Waals surface area contributed by atoms with Gasteiger partial charge < -0.3 is 5.73 Å². The van der Waals surface area contributed by atoms with Gasteiger partial charge in [-0.2, -0.15) is 13.2 Å². The molecule has 7 heteroatoms. The van der Waals surface area contributed by atoms with E-state index in [1.165, 1.54) is 0 Å². The van der Waals surface area contributed by atoms with Crippen molar-refractivity contribution < 1.29 is 13.2 Å². The Balaban J connectivity index is 2.95. The van der Waals surface area contributed by atoms with Crippen molar-refractivity contribution in [3.8, 4) is 0 Å². The lowest BCUT2D eigenvalue weighted by Gasteiger charge is -2.12. The van der Waals surface area contributed by atoms with Crippen molar-refractivity contribution in [1.29, 1.82) is 0 Å². The van der Waals surface area contributed by atoms with E-state index in [1.807, 2.05) is 36.4 Å². The van der Waals surface area contributed by atoms with Crippen molar-refractivity contribution in [2.24, 2.45) is 0 Å². The Morgan fingerprint density at radius 3 is 2.35 bits per heavy atom. The molecular formula is C10H13F3IN3. The van der Waals surface area contributed by atoms with E-state index < -0.39 is 12.6 Å². The van der Waals surface area contributed by atoms with Crippen molar-refractivity contribution in [3.63, 3.8) is 0 Å². The predicted octanol–water partition coefficient (Wildman–Crippen LogP) is 3.28. The summed E-state index contributed by atoms with van der Waals surface area (Å²) >= 11 is 2.01. The highest BCUT2D eigenvalue weighted by Crippen LogP contribution is 2.25. The molecule has 1 heterocycles. The molecule has 2 N–H and O–H groups in total. The van der Waals surface area contributed by atoms with Crippen LogP contribution in [-0.4, -0.2) is 16.1 Å². The molecule has 0 aliphatic heterocycles. The smallest absolute Gasteiger partial charge is 0.383 e. The molecule has 0 saturated heterocycles. The molecule has 0 saturated carbocycles. The first kappa shape index (κ1) is 14.5. The average molecular weight is 359 g/mol. The Kier molecular flexibility index (Phi) is 4.56. The van der Waals surface area contributed by atoms with E-state index in [9.17, 15) is 13.2 Å².